The molecule has 2 aliphatic heterocycles. The van der Waals surface area contributed by atoms with Crippen molar-refractivity contribution in [3.8, 4) is 0 Å². The lowest BCUT2D eigenvalue weighted by molar-refractivity contribution is -0.126. The summed E-state index contributed by atoms with van der Waals surface area (Å²) in [7, 11) is 0. The third-order valence-corrected chi connectivity index (χ3v) is 5.53. The zero-order valence-corrected chi connectivity index (χ0v) is 17.0. The van der Waals surface area contributed by atoms with Gasteiger partial charge in [-0.3, -0.25) is 9.59 Å². The van der Waals surface area contributed by atoms with Crippen molar-refractivity contribution in [3.63, 3.8) is 0 Å². The van der Waals surface area contributed by atoms with E-state index in [2.05, 4.69) is 29.7 Å². The number of piperidine rings is 1. The molecule has 2 fully saturated rings. The van der Waals surface area contributed by atoms with Crippen LogP contribution in [0, 0.1) is 11.8 Å². The largest absolute Gasteiger partial charge is 0.356 e. The van der Waals surface area contributed by atoms with E-state index in [-0.39, 0.29) is 30.1 Å². The van der Waals surface area contributed by atoms with Gasteiger partial charge >= 0.3 is 0 Å². The molecule has 2 N–H and O–H groups in total. The Bertz CT molecular complexity index is 614. The first-order valence-electron chi connectivity index (χ1n) is 10.0. The fourth-order valence-corrected chi connectivity index (χ4v) is 3.98. The second kappa shape index (κ2) is 10.7. The highest BCUT2D eigenvalue weighted by Crippen LogP contribution is 2.26. The summed E-state index contributed by atoms with van der Waals surface area (Å²) in [5, 5.41) is 6.45. The maximum atomic E-state index is 12.4. The van der Waals surface area contributed by atoms with Crippen molar-refractivity contribution in [1.82, 2.24) is 10.6 Å². The van der Waals surface area contributed by atoms with Crippen molar-refractivity contribution in [3.05, 3.63) is 29.8 Å². The number of nitrogens with zero attached hydrogens (tertiary/aromatic N) is 1. The van der Waals surface area contributed by atoms with Crippen molar-refractivity contribution in [2.24, 2.45) is 11.8 Å². The van der Waals surface area contributed by atoms with Crippen molar-refractivity contribution >= 4 is 29.9 Å². The molecule has 0 radical (unpaired) electrons. The van der Waals surface area contributed by atoms with E-state index in [1.807, 2.05) is 12.1 Å². The van der Waals surface area contributed by atoms with Gasteiger partial charge in [0.05, 0.1) is 5.92 Å². The Morgan fingerprint density at radius 3 is 2.74 bits per heavy atom. The highest BCUT2D eigenvalue weighted by Gasteiger charge is 2.35. The van der Waals surface area contributed by atoms with Crippen LogP contribution < -0.4 is 15.5 Å². The SMILES string of the molecule is CCCc1ccc(N2CC(C(=O)NCCC3CCCNC3)CC2=O)cc1.Cl. The number of benzene rings is 1. The van der Waals surface area contributed by atoms with Gasteiger partial charge in [-0.2, -0.15) is 0 Å². The minimum absolute atomic E-state index is 0. The Morgan fingerprint density at radius 2 is 2.07 bits per heavy atom. The van der Waals surface area contributed by atoms with Crippen LogP contribution >= 0.6 is 12.4 Å². The first kappa shape index (κ1) is 21.7. The minimum Gasteiger partial charge on any atom is -0.356 e. The number of carbonyl (C=O) groups excluding carboxylic acids is 2. The van der Waals surface area contributed by atoms with Gasteiger partial charge in [-0.1, -0.05) is 25.5 Å². The van der Waals surface area contributed by atoms with Gasteiger partial charge in [0.15, 0.2) is 0 Å². The standard InChI is InChI=1S/C21H31N3O2.ClH/c1-2-4-16-6-8-19(9-7-16)24-15-18(13-20(24)25)21(26)23-12-10-17-5-3-11-22-14-17;/h6-9,17-18,22H,2-5,10-15H2,1H3,(H,23,26);1H. The molecule has 0 bridgehead atoms. The molecule has 2 aliphatic rings. The number of anilines is 1. The summed E-state index contributed by atoms with van der Waals surface area (Å²) < 4.78 is 0. The average molecular weight is 394 g/mol. The fraction of sp³-hybridized carbons (Fsp3) is 0.619. The number of rotatable bonds is 7. The highest BCUT2D eigenvalue weighted by atomic mass is 35.5. The molecule has 27 heavy (non-hydrogen) atoms. The van der Waals surface area contributed by atoms with Gasteiger partial charge in [0.25, 0.3) is 0 Å². The molecule has 2 atom stereocenters. The second-order valence-corrected chi connectivity index (χ2v) is 7.61. The first-order valence-corrected chi connectivity index (χ1v) is 10.0. The molecule has 0 aromatic heterocycles. The Balaban J connectivity index is 0.00000261. The van der Waals surface area contributed by atoms with Crippen LogP contribution in [0.25, 0.3) is 0 Å². The highest BCUT2D eigenvalue weighted by molar-refractivity contribution is 6.00. The van der Waals surface area contributed by atoms with Crippen LogP contribution in [0.2, 0.25) is 0 Å². The van der Waals surface area contributed by atoms with Crippen molar-refractivity contribution in [2.75, 3.05) is 31.1 Å². The number of halogens is 1. The molecule has 0 aliphatic carbocycles. The van der Waals surface area contributed by atoms with Crippen molar-refractivity contribution < 1.29 is 9.59 Å². The summed E-state index contributed by atoms with van der Waals surface area (Å²) in [4.78, 5) is 26.6. The Labute approximate surface area is 168 Å². The molecule has 150 valence electrons. The molecule has 2 amide bonds. The van der Waals surface area contributed by atoms with E-state index >= 15 is 0 Å². The number of carbonyl (C=O) groups is 2. The van der Waals surface area contributed by atoms with Crippen LogP contribution in [0.3, 0.4) is 0 Å². The molecule has 6 heteroatoms. The lowest BCUT2D eigenvalue weighted by Gasteiger charge is -2.23. The van der Waals surface area contributed by atoms with E-state index in [0.717, 1.165) is 38.0 Å². The van der Waals surface area contributed by atoms with Crippen LogP contribution in [0.15, 0.2) is 24.3 Å². The van der Waals surface area contributed by atoms with Crippen LogP contribution in [0.5, 0.6) is 0 Å². The monoisotopic (exact) mass is 393 g/mol. The summed E-state index contributed by atoms with van der Waals surface area (Å²) in [6.07, 6.45) is 5.96. The Kier molecular flexibility index (Phi) is 8.58. The molecule has 3 rings (SSSR count). The van der Waals surface area contributed by atoms with Crippen LogP contribution in [-0.4, -0.2) is 38.0 Å². The molecule has 1 aromatic rings. The summed E-state index contributed by atoms with van der Waals surface area (Å²) in [5.41, 5.74) is 2.19. The molecule has 1 aromatic carbocycles. The first-order chi connectivity index (χ1) is 12.7. The van der Waals surface area contributed by atoms with Gasteiger partial charge < -0.3 is 15.5 Å². The topological polar surface area (TPSA) is 61.4 Å². The summed E-state index contributed by atoms with van der Waals surface area (Å²) in [6, 6.07) is 8.16. The summed E-state index contributed by atoms with van der Waals surface area (Å²) >= 11 is 0. The molecule has 2 saturated heterocycles. The van der Waals surface area contributed by atoms with Gasteiger partial charge in [-0.25, -0.2) is 0 Å². The predicted octanol–water partition coefficient (Wildman–Crippen LogP) is 2.92. The Hall–Kier alpha value is -1.59. The van der Waals surface area contributed by atoms with Gasteiger partial charge in [0.2, 0.25) is 11.8 Å². The van der Waals surface area contributed by atoms with Gasteiger partial charge in [0, 0.05) is 25.2 Å². The molecule has 2 heterocycles. The molecular weight excluding hydrogens is 362 g/mol. The van der Waals surface area contributed by atoms with Crippen molar-refractivity contribution in [2.45, 2.75) is 45.4 Å². The third-order valence-electron chi connectivity index (χ3n) is 5.53. The fourth-order valence-electron chi connectivity index (χ4n) is 3.98. The predicted molar refractivity (Wildman–Crippen MR) is 111 cm³/mol. The van der Waals surface area contributed by atoms with Gasteiger partial charge in [-0.15, -0.1) is 12.4 Å². The smallest absolute Gasteiger partial charge is 0.227 e. The summed E-state index contributed by atoms with van der Waals surface area (Å²) in [5.74, 6) is 0.492. The quantitative estimate of drug-likeness (QED) is 0.748. The number of amides is 2. The van der Waals surface area contributed by atoms with E-state index in [1.54, 1.807) is 4.90 Å². The van der Waals surface area contributed by atoms with Crippen LogP contribution in [0.1, 0.15) is 44.6 Å². The maximum absolute atomic E-state index is 12.4. The zero-order valence-electron chi connectivity index (χ0n) is 16.2. The van der Waals surface area contributed by atoms with E-state index in [0.29, 0.717) is 25.4 Å². The zero-order chi connectivity index (χ0) is 18.4. The van der Waals surface area contributed by atoms with Crippen molar-refractivity contribution in [1.29, 1.82) is 0 Å². The second-order valence-electron chi connectivity index (χ2n) is 7.61. The minimum atomic E-state index is -0.234. The number of nitrogens with one attached hydrogen (secondary N) is 2. The molecular formula is C21H32ClN3O2. The third kappa shape index (κ3) is 5.94. The van der Waals surface area contributed by atoms with E-state index < -0.39 is 0 Å². The number of hydrogen-bond donors (Lipinski definition) is 2. The van der Waals surface area contributed by atoms with Crippen LogP contribution in [-0.2, 0) is 16.0 Å². The Morgan fingerprint density at radius 1 is 1.30 bits per heavy atom. The lowest BCUT2D eigenvalue weighted by Crippen LogP contribution is -2.36. The maximum Gasteiger partial charge on any atom is 0.227 e. The molecule has 5 nitrogen and oxygen atoms in total. The van der Waals surface area contributed by atoms with Crippen LogP contribution in [0.4, 0.5) is 5.69 Å². The average Bonchev–Trinajstić information content (AvgIpc) is 3.05. The van der Waals surface area contributed by atoms with E-state index in [1.165, 1.54) is 18.4 Å². The molecule has 0 saturated carbocycles. The number of hydrogen-bond acceptors (Lipinski definition) is 3. The van der Waals surface area contributed by atoms with Gasteiger partial charge in [0.1, 0.15) is 0 Å². The van der Waals surface area contributed by atoms with E-state index in [9.17, 15) is 9.59 Å². The van der Waals surface area contributed by atoms with Gasteiger partial charge in [-0.05, 0) is 62.4 Å². The normalized spacial score (nSPS) is 22.4. The molecule has 2 unspecified atom stereocenters. The van der Waals surface area contributed by atoms with E-state index in [4.69, 9.17) is 0 Å². The lowest BCUT2D eigenvalue weighted by atomic mass is 9.96. The summed E-state index contributed by atoms with van der Waals surface area (Å²) in [6.45, 7) is 5.53. The molecule has 0 spiro atoms. The number of aryl methyl sites for hydroxylation is 1.